The van der Waals surface area contributed by atoms with Gasteiger partial charge in [-0.3, -0.25) is 4.90 Å². The molecule has 0 atom stereocenters. The lowest BCUT2D eigenvalue weighted by Crippen LogP contribution is -2.30. The minimum absolute atomic E-state index is 0.498. The molecule has 100 valence electrons. The van der Waals surface area contributed by atoms with Gasteiger partial charge in [-0.2, -0.15) is 0 Å². The lowest BCUT2D eigenvalue weighted by atomic mass is 10.2. The zero-order valence-corrected chi connectivity index (χ0v) is 11.5. The number of furan rings is 1. The Bertz CT molecular complexity index is 380. The summed E-state index contributed by atoms with van der Waals surface area (Å²) < 4.78 is 5.63. The molecular weight excluding hydrogens is 224 g/mol. The molecule has 0 saturated heterocycles. The summed E-state index contributed by atoms with van der Waals surface area (Å²) in [7, 11) is 0. The normalized spacial score (nSPS) is 15.6. The van der Waals surface area contributed by atoms with Crippen molar-refractivity contribution < 1.29 is 4.42 Å². The van der Waals surface area contributed by atoms with Crippen LogP contribution in [0.2, 0.25) is 0 Å². The minimum atomic E-state index is 0.498. The van der Waals surface area contributed by atoms with Crippen LogP contribution in [0.15, 0.2) is 29.4 Å². The third-order valence-corrected chi connectivity index (χ3v) is 3.44. The van der Waals surface area contributed by atoms with Crippen LogP contribution in [-0.2, 0) is 13.1 Å². The molecule has 0 bridgehead atoms. The predicted octanol–water partition coefficient (Wildman–Crippen LogP) is 2.93. The first-order valence-electron chi connectivity index (χ1n) is 6.84. The van der Waals surface area contributed by atoms with Crippen LogP contribution in [0, 0.1) is 0 Å². The Labute approximate surface area is 110 Å². The number of rotatable bonds is 8. The fraction of sp³-hybridized carbons (Fsp3) is 0.600. The molecule has 18 heavy (non-hydrogen) atoms. The quantitative estimate of drug-likeness (QED) is 0.717. The summed E-state index contributed by atoms with van der Waals surface area (Å²) in [6, 6.07) is 3.32. The van der Waals surface area contributed by atoms with Gasteiger partial charge >= 0.3 is 0 Å². The summed E-state index contributed by atoms with van der Waals surface area (Å²) in [6.45, 7) is 10.9. The van der Waals surface area contributed by atoms with Crippen LogP contribution >= 0.6 is 0 Å². The molecule has 0 aliphatic heterocycles. The van der Waals surface area contributed by atoms with E-state index in [2.05, 4.69) is 36.7 Å². The molecule has 1 aromatic rings. The average Bonchev–Trinajstić information content (AvgIpc) is 3.06. The van der Waals surface area contributed by atoms with E-state index >= 15 is 0 Å². The molecule has 1 N–H and O–H groups in total. The molecule has 0 amide bonds. The van der Waals surface area contributed by atoms with Gasteiger partial charge in [-0.25, -0.2) is 0 Å². The molecule has 1 saturated carbocycles. The van der Waals surface area contributed by atoms with Gasteiger partial charge in [-0.15, -0.1) is 6.58 Å². The fourth-order valence-corrected chi connectivity index (χ4v) is 2.01. The maximum atomic E-state index is 5.63. The van der Waals surface area contributed by atoms with Crippen molar-refractivity contribution in [1.82, 2.24) is 10.2 Å². The van der Waals surface area contributed by atoms with Crippen molar-refractivity contribution in [3.05, 3.63) is 36.3 Å². The second kappa shape index (κ2) is 6.21. The highest BCUT2D eigenvalue weighted by atomic mass is 16.3. The topological polar surface area (TPSA) is 28.4 Å². The van der Waals surface area contributed by atoms with Crippen molar-refractivity contribution in [2.24, 2.45) is 0 Å². The van der Waals surface area contributed by atoms with Crippen LogP contribution in [0.25, 0.3) is 0 Å². The minimum Gasteiger partial charge on any atom is -0.468 e. The first-order chi connectivity index (χ1) is 8.70. The van der Waals surface area contributed by atoms with Crippen molar-refractivity contribution in [1.29, 1.82) is 0 Å². The van der Waals surface area contributed by atoms with E-state index in [0.29, 0.717) is 6.04 Å². The highest BCUT2D eigenvalue weighted by molar-refractivity contribution is 5.17. The Kier molecular flexibility index (Phi) is 4.61. The molecule has 0 spiro atoms. The van der Waals surface area contributed by atoms with Crippen LogP contribution in [0.1, 0.15) is 38.0 Å². The first-order valence-corrected chi connectivity index (χ1v) is 6.84. The van der Waals surface area contributed by atoms with Crippen molar-refractivity contribution >= 4 is 0 Å². The second-order valence-corrected chi connectivity index (χ2v) is 5.34. The molecule has 1 heterocycles. The Balaban J connectivity index is 1.93. The van der Waals surface area contributed by atoms with Gasteiger partial charge in [0.1, 0.15) is 5.76 Å². The van der Waals surface area contributed by atoms with Crippen LogP contribution in [0.5, 0.6) is 0 Å². The number of hydrogen-bond acceptors (Lipinski definition) is 3. The highest BCUT2D eigenvalue weighted by Gasteiger charge is 2.21. The SMILES string of the molecule is C=CCN(Cc1occc1CNC1CC1)C(C)C. The monoisotopic (exact) mass is 248 g/mol. The maximum Gasteiger partial charge on any atom is 0.122 e. The lowest BCUT2D eigenvalue weighted by Gasteiger charge is -2.24. The Morgan fingerprint density at radius 3 is 2.94 bits per heavy atom. The van der Waals surface area contributed by atoms with Gasteiger partial charge < -0.3 is 9.73 Å². The van der Waals surface area contributed by atoms with E-state index in [9.17, 15) is 0 Å². The summed E-state index contributed by atoms with van der Waals surface area (Å²) in [4.78, 5) is 2.35. The molecule has 2 rings (SSSR count). The molecule has 1 aliphatic carbocycles. The van der Waals surface area contributed by atoms with Crippen molar-refractivity contribution in [2.75, 3.05) is 6.54 Å². The van der Waals surface area contributed by atoms with Crippen LogP contribution < -0.4 is 5.32 Å². The van der Waals surface area contributed by atoms with Gasteiger partial charge in [0.25, 0.3) is 0 Å². The lowest BCUT2D eigenvalue weighted by molar-refractivity contribution is 0.217. The van der Waals surface area contributed by atoms with Crippen molar-refractivity contribution in [2.45, 2.75) is 51.9 Å². The van der Waals surface area contributed by atoms with E-state index in [4.69, 9.17) is 4.42 Å². The third-order valence-electron chi connectivity index (χ3n) is 3.44. The van der Waals surface area contributed by atoms with E-state index in [0.717, 1.165) is 31.4 Å². The molecule has 1 aromatic heterocycles. The Morgan fingerprint density at radius 1 is 1.56 bits per heavy atom. The fourth-order valence-electron chi connectivity index (χ4n) is 2.01. The van der Waals surface area contributed by atoms with Gasteiger partial charge in [-0.05, 0) is 32.8 Å². The summed E-state index contributed by atoms with van der Waals surface area (Å²) in [6.07, 6.45) is 6.39. The molecule has 0 aromatic carbocycles. The Hall–Kier alpha value is -1.06. The maximum absolute atomic E-state index is 5.63. The van der Waals surface area contributed by atoms with Gasteiger partial charge in [0, 0.05) is 30.7 Å². The van der Waals surface area contributed by atoms with E-state index in [-0.39, 0.29) is 0 Å². The molecule has 3 nitrogen and oxygen atoms in total. The molecule has 0 unspecified atom stereocenters. The zero-order chi connectivity index (χ0) is 13.0. The molecule has 0 radical (unpaired) electrons. The van der Waals surface area contributed by atoms with Crippen LogP contribution in [-0.4, -0.2) is 23.5 Å². The van der Waals surface area contributed by atoms with Crippen LogP contribution in [0.3, 0.4) is 0 Å². The smallest absolute Gasteiger partial charge is 0.122 e. The molecule has 3 heteroatoms. The second-order valence-electron chi connectivity index (χ2n) is 5.34. The summed E-state index contributed by atoms with van der Waals surface area (Å²) in [5, 5.41) is 3.54. The van der Waals surface area contributed by atoms with Crippen molar-refractivity contribution in [3.63, 3.8) is 0 Å². The average molecular weight is 248 g/mol. The number of nitrogens with zero attached hydrogens (tertiary/aromatic N) is 1. The first kappa shape index (κ1) is 13.4. The number of nitrogens with one attached hydrogen (secondary N) is 1. The zero-order valence-electron chi connectivity index (χ0n) is 11.5. The third kappa shape index (κ3) is 3.72. The largest absolute Gasteiger partial charge is 0.468 e. The predicted molar refractivity (Wildman–Crippen MR) is 74.3 cm³/mol. The van der Waals surface area contributed by atoms with E-state index < -0.39 is 0 Å². The van der Waals surface area contributed by atoms with Gasteiger partial charge in [0.2, 0.25) is 0 Å². The van der Waals surface area contributed by atoms with Gasteiger partial charge in [0.05, 0.1) is 12.8 Å². The standard InChI is InChI=1S/C15H24N2O/c1-4-8-17(12(2)3)11-15-13(7-9-18-15)10-16-14-5-6-14/h4,7,9,12,14,16H,1,5-6,8,10-11H2,2-3H3. The van der Waals surface area contributed by atoms with Crippen molar-refractivity contribution in [3.8, 4) is 0 Å². The molecule has 1 aliphatic rings. The van der Waals surface area contributed by atoms with Gasteiger partial charge in [-0.1, -0.05) is 6.08 Å². The molecular formula is C15H24N2O. The summed E-state index contributed by atoms with van der Waals surface area (Å²) in [5.41, 5.74) is 1.29. The Morgan fingerprint density at radius 2 is 2.33 bits per heavy atom. The summed E-state index contributed by atoms with van der Waals surface area (Å²) in [5.74, 6) is 1.08. The molecule has 1 fully saturated rings. The van der Waals surface area contributed by atoms with E-state index in [1.165, 1.54) is 18.4 Å². The highest BCUT2D eigenvalue weighted by Crippen LogP contribution is 2.21. The summed E-state index contributed by atoms with van der Waals surface area (Å²) >= 11 is 0. The van der Waals surface area contributed by atoms with Gasteiger partial charge in [0.15, 0.2) is 0 Å². The van der Waals surface area contributed by atoms with Crippen LogP contribution in [0.4, 0.5) is 0 Å². The van der Waals surface area contributed by atoms with E-state index in [1.54, 1.807) is 6.26 Å². The van der Waals surface area contributed by atoms with E-state index in [1.807, 2.05) is 6.08 Å². The number of hydrogen-bond donors (Lipinski definition) is 1.